The summed E-state index contributed by atoms with van der Waals surface area (Å²) in [6.45, 7) is 4.95. The Morgan fingerprint density at radius 2 is 1.92 bits per heavy atom. The van der Waals surface area contributed by atoms with Crippen molar-refractivity contribution >= 4 is 10.0 Å². The van der Waals surface area contributed by atoms with Crippen LogP contribution in [0.2, 0.25) is 0 Å². The van der Waals surface area contributed by atoms with Crippen molar-refractivity contribution in [3.63, 3.8) is 0 Å². The zero-order chi connectivity index (χ0) is 9.78. The normalized spacial score (nSPS) is 17.3. The van der Waals surface area contributed by atoms with Gasteiger partial charge in [0, 0.05) is 6.04 Å². The Morgan fingerprint density at radius 3 is 2.25 bits per heavy atom. The Hall–Kier alpha value is -0.130. The summed E-state index contributed by atoms with van der Waals surface area (Å²) >= 11 is 0. The van der Waals surface area contributed by atoms with Gasteiger partial charge in [-0.25, -0.2) is 13.1 Å². The molecule has 0 fully saturated rings. The molecule has 0 aromatic rings. The highest BCUT2D eigenvalue weighted by Gasteiger charge is 2.12. The monoisotopic (exact) mass is 195 g/mol. The Balaban J connectivity index is 3.93. The maximum absolute atomic E-state index is 11.0. The first kappa shape index (κ1) is 11.9. The first-order valence-electron chi connectivity index (χ1n) is 4.05. The van der Waals surface area contributed by atoms with Crippen molar-refractivity contribution in [1.82, 2.24) is 4.72 Å². The number of aliphatic hydroxyl groups is 1. The maximum atomic E-state index is 11.0. The van der Waals surface area contributed by atoms with Crippen LogP contribution in [0.15, 0.2) is 0 Å². The van der Waals surface area contributed by atoms with E-state index >= 15 is 0 Å². The zero-order valence-corrected chi connectivity index (χ0v) is 8.56. The smallest absolute Gasteiger partial charge is 0.211 e. The van der Waals surface area contributed by atoms with Gasteiger partial charge in [-0.15, -0.1) is 0 Å². The molecule has 5 heteroatoms. The number of hydrogen-bond donors (Lipinski definition) is 2. The van der Waals surface area contributed by atoms with E-state index in [1.807, 2.05) is 0 Å². The fourth-order valence-corrected chi connectivity index (χ4v) is 1.83. The van der Waals surface area contributed by atoms with Gasteiger partial charge in [-0.2, -0.15) is 0 Å². The average molecular weight is 195 g/mol. The summed E-state index contributed by atoms with van der Waals surface area (Å²) in [4.78, 5) is 0. The van der Waals surface area contributed by atoms with E-state index < -0.39 is 16.1 Å². The predicted octanol–water partition coefficient (Wildman–Crippen LogP) is 0.0851. The summed E-state index contributed by atoms with van der Waals surface area (Å²) in [6.07, 6.45) is -0.0290. The summed E-state index contributed by atoms with van der Waals surface area (Å²) in [5.74, 6) is 0.0805. The van der Waals surface area contributed by atoms with Gasteiger partial charge in [0.1, 0.15) is 0 Å². The van der Waals surface area contributed by atoms with E-state index in [4.69, 9.17) is 5.11 Å². The third kappa shape index (κ3) is 5.51. The van der Waals surface area contributed by atoms with Gasteiger partial charge in [0.05, 0.1) is 11.9 Å². The van der Waals surface area contributed by atoms with E-state index in [1.165, 1.54) is 0 Å². The van der Waals surface area contributed by atoms with E-state index in [0.717, 1.165) is 0 Å². The van der Waals surface area contributed by atoms with Crippen molar-refractivity contribution in [2.75, 3.05) is 5.75 Å². The van der Waals surface area contributed by atoms with Crippen LogP contribution in [-0.4, -0.2) is 31.4 Å². The zero-order valence-electron chi connectivity index (χ0n) is 7.74. The third-order valence-corrected chi connectivity index (χ3v) is 2.98. The average Bonchev–Trinajstić information content (AvgIpc) is 1.84. The Kier molecular flexibility index (Phi) is 4.74. The van der Waals surface area contributed by atoms with Crippen molar-refractivity contribution in [2.24, 2.45) is 0 Å². The molecule has 0 heterocycles. The van der Waals surface area contributed by atoms with E-state index in [2.05, 4.69) is 4.72 Å². The van der Waals surface area contributed by atoms with Crippen LogP contribution in [0.25, 0.3) is 0 Å². The summed E-state index contributed by atoms with van der Waals surface area (Å²) in [7, 11) is -3.13. The van der Waals surface area contributed by atoms with Crippen LogP contribution in [0, 0.1) is 0 Å². The highest BCUT2D eigenvalue weighted by atomic mass is 32.2. The van der Waals surface area contributed by atoms with E-state index in [0.29, 0.717) is 6.42 Å². The second kappa shape index (κ2) is 4.79. The molecule has 4 nitrogen and oxygen atoms in total. The number of nitrogens with one attached hydrogen (secondary N) is 1. The summed E-state index contributed by atoms with van der Waals surface area (Å²) in [5.41, 5.74) is 0. The molecule has 0 saturated heterocycles. The van der Waals surface area contributed by atoms with Crippen LogP contribution in [0.5, 0.6) is 0 Å². The number of hydrogen-bond acceptors (Lipinski definition) is 3. The van der Waals surface area contributed by atoms with E-state index in [9.17, 15) is 8.42 Å². The molecule has 12 heavy (non-hydrogen) atoms. The second-order valence-corrected chi connectivity index (χ2v) is 5.05. The van der Waals surface area contributed by atoms with Crippen molar-refractivity contribution < 1.29 is 13.5 Å². The second-order valence-electron chi connectivity index (χ2n) is 3.01. The lowest BCUT2D eigenvalue weighted by Gasteiger charge is -2.14. The molecule has 2 unspecified atom stereocenters. The highest BCUT2D eigenvalue weighted by Crippen LogP contribution is 1.98. The number of rotatable bonds is 5. The SMILES string of the molecule is CCS(=O)(=O)NC(C)CC(C)O. The van der Waals surface area contributed by atoms with Crippen LogP contribution in [-0.2, 0) is 10.0 Å². The molecule has 0 rings (SSSR count). The van der Waals surface area contributed by atoms with Gasteiger partial charge >= 0.3 is 0 Å². The molecular weight excluding hydrogens is 178 g/mol. The molecule has 2 atom stereocenters. The maximum Gasteiger partial charge on any atom is 0.211 e. The predicted molar refractivity (Wildman–Crippen MR) is 48.4 cm³/mol. The fraction of sp³-hybridized carbons (Fsp3) is 1.00. The quantitative estimate of drug-likeness (QED) is 0.653. The van der Waals surface area contributed by atoms with Gasteiger partial charge in [0.2, 0.25) is 10.0 Å². The molecule has 0 aromatic carbocycles. The topological polar surface area (TPSA) is 66.4 Å². The minimum atomic E-state index is -3.13. The molecule has 0 bridgehead atoms. The van der Waals surface area contributed by atoms with Gasteiger partial charge in [0.15, 0.2) is 0 Å². The van der Waals surface area contributed by atoms with Gasteiger partial charge in [-0.05, 0) is 27.2 Å². The molecule has 0 amide bonds. The fourth-order valence-electron chi connectivity index (χ4n) is 0.950. The van der Waals surface area contributed by atoms with E-state index in [1.54, 1.807) is 20.8 Å². The Labute approximate surface area is 74.0 Å². The lowest BCUT2D eigenvalue weighted by atomic mass is 10.2. The molecule has 2 N–H and O–H groups in total. The molecule has 0 saturated carbocycles. The molecule has 74 valence electrons. The number of sulfonamides is 1. The first-order chi connectivity index (χ1) is 5.37. The van der Waals surface area contributed by atoms with Crippen LogP contribution < -0.4 is 4.72 Å². The standard InChI is InChI=1S/C7H17NO3S/c1-4-12(10,11)8-6(2)5-7(3)9/h6-9H,4-5H2,1-3H3. The summed E-state index contributed by atoms with van der Waals surface area (Å²) in [5, 5.41) is 8.96. The highest BCUT2D eigenvalue weighted by molar-refractivity contribution is 7.89. The van der Waals surface area contributed by atoms with Crippen LogP contribution in [0.1, 0.15) is 27.2 Å². The lowest BCUT2D eigenvalue weighted by Crippen LogP contribution is -2.35. The van der Waals surface area contributed by atoms with Gasteiger partial charge in [0.25, 0.3) is 0 Å². The van der Waals surface area contributed by atoms with Crippen LogP contribution in [0.3, 0.4) is 0 Å². The third-order valence-electron chi connectivity index (χ3n) is 1.46. The molecule has 0 aromatic heterocycles. The summed E-state index contributed by atoms with van der Waals surface area (Å²) < 4.78 is 24.4. The largest absolute Gasteiger partial charge is 0.393 e. The molecular formula is C7H17NO3S. The molecule has 0 aliphatic rings. The molecule has 0 radical (unpaired) electrons. The molecule has 0 aliphatic heterocycles. The number of aliphatic hydroxyl groups excluding tert-OH is 1. The van der Waals surface area contributed by atoms with Gasteiger partial charge in [-0.3, -0.25) is 0 Å². The van der Waals surface area contributed by atoms with Gasteiger partial charge < -0.3 is 5.11 Å². The van der Waals surface area contributed by atoms with Gasteiger partial charge in [-0.1, -0.05) is 0 Å². The lowest BCUT2D eigenvalue weighted by molar-refractivity contribution is 0.175. The Bertz CT molecular complexity index is 211. The minimum absolute atomic E-state index is 0.0805. The van der Waals surface area contributed by atoms with Crippen molar-refractivity contribution in [2.45, 2.75) is 39.3 Å². The van der Waals surface area contributed by atoms with Crippen LogP contribution in [0.4, 0.5) is 0 Å². The van der Waals surface area contributed by atoms with Crippen molar-refractivity contribution in [1.29, 1.82) is 0 Å². The molecule has 0 spiro atoms. The minimum Gasteiger partial charge on any atom is -0.393 e. The van der Waals surface area contributed by atoms with E-state index in [-0.39, 0.29) is 11.8 Å². The van der Waals surface area contributed by atoms with Crippen molar-refractivity contribution in [3.05, 3.63) is 0 Å². The summed E-state index contributed by atoms with van der Waals surface area (Å²) in [6, 6.07) is -0.199. The van der Waals surface area contributed by atoms with Crippen molar-refractivity contribution in [3.8, 4) is 0 Å². The first-order valence-corrected chi connectivity index (χ1v) is 5.70. The van der Waals surface area contributed by atoms with Crippen LogP contribution >= 0.6 is 0 Å². The molecule has 0 aliphatic carbocycles. The Morgan fingerprint density at radius 1 is 1.42 bits per heavy atom.